The molecule has 2 rings (SSSR count). The van der Waals surface area contributed by atoms with Crippen molar-refractivity contribution in [3.05, 3.63) is 28.2 Å². The summed E-state index contributed by atoms with van der Waals surface area (Å²) < 4.78 is 0.756. The van der Waals surface area contributed by atoms with Crippen LogP contribution in [0, 0.1) is 0 Å². The molecule has 0 aliphatic carbocycles. The van der Waals surface area contributed by atoms with Crippen LogP contribution in [0.2, 0.25) is 0 Å². The van der Waals surface area contributed by atoms with E-state index in [1.54, 1.807) is 0 Å². The van der Waals surface area contributed by atoms with Gasteiger partial charge in [-0.2, -0.15) is 0 Å². The van der Waals surface area contributed by atoms with Gasteiger partial charge in [-0.25, -0.2) is 0 Å². The van der Waals surface area contributed by atoms with Gasteiger partial charge < -0.3 is 16.0 Å². The van der Waals surface area contributed by atoms with Crippen LogP contribution in [0.15, 0.2) is 22.7 Å². The van der Waals surface area contributed by atoms with E-state index in [9.17, 15) is 4.79 Å². The van der Waals surface area contributed by atoms with Crippen LogP contribution in [-0.2, 0) is 0 Å². The fourth-order valence-electron chi connectivity index (χ4n) is 2.54. The average Bonchev–Trinajstić information content (AvgIpc) is 2.26. The number of carbonyl (C=O) groups is 1. The summed E-state index contributed by atoms with van der Waals surface area (Å²) in [6.45, 7) is 6.04. The lowest BCUT2D eigenvalue weighted by atomic mass is 10.1. The van der Waals surface area contributed by atoms with Crippen molar-refractivity contribution in [2.24, 2.45) is 5.73 Å². The van der Waals surface area contributed by atoms with Crippen LogP contribution in [0.3, 0.4) is 0 Å². The first-order valence-electron chi connectivity index (χ1n) is 6.08. The molecule has 0 spiro atoms. The minimum atomic E-state index is -0.392. The highest BCUT2D eigenvalue weighted by Crippen LogP contribution is 2.28. The number of benzene rings is 1. The maximum atomic E-state index is 11.6. The number of rotatable bonds is 2. The Hall–Kier alpha value is -1.07. The predicted octanol–water partition coefficient (Wildman–Crippen LogP) is 1.73. The van der Waals surface area contributed by atoms with E-state index in [-0.39, 0.29) is 0 Å². The minimum absolute atomic E-state index is 0.392. The molecule has 0 bridgehead atoms. The van der Waals surface area contributed by atoms with Crippen LogP contribution in [0.25, 0.3) is 0 Å². The molecule has 5 heteroatoms. The summed E-state index contributed by atoms with van der Waals surface area (Å²) in [6.07, 6.45) is 0. The molecule has 4 nitrogen and oxygen atoms in total. The van der Waals surface area contributed by atoms with E-state index in [4.69, 9.17) is 5.73 Å². The molecule has 2 atom stereocenters. The number of anilines is 1. The normalized spacial score (nSPS) is 24.1. The van der Waals surface area contributed by atoms with Crippen molar-refractivity contribution >= 4 is 27.5 Å². The topological polar surface area (TPSA) is 58.4 Å². The molecular weight excluding hydrogens is 294 g/mol. The van der Waals surface area contributed by atoms with Crippen molar-refractivity contribution in [3.63, 3.8) is 0 Å². The Kier molecular flexibility index (Phi) is 3.92. The number of amides is 1. The summed E-state index contributed by atoms with van der Waals surface area (Å²) in [7, 11) is 0. The zero-order chi connectivity index (χ0) is 13.3. The van der Waals surface area contributed by atoms with Crippen LogP contribution in [0.4, 0.5) is 5.69 Å². The molecule has 1 aromatic rings. The average molecular weight is 312 g/mol. The third-order valence-electron chi connectivity index (χ3n) is 3.14. The van der Waals surface area contributed by atoms with Gasteiger partial charge in [0.1, 0.15) is 0 Å². The lowest BCUT2D eigenvalue weighted by Gasteiger charge is -2.38. The van der Waals surface area contributed by atoms with Crippen LogP contribution >= 0.6 is 15.9 Å². The van der Waals surface area contributed by atoms with Gasteiger partial charge in [-0.05, 0) is 41.9 Å². The molecule has 2 unspecified atom stereocenters. The van der Waals surface area contributed by atoms with Gasteiger partial charge in [-0.15, -0.1) is 0 Å². The quantitative estimate of drug-likeness (QED) is 0.874. The second-order valence-electron chi connectivity index (χ2n) is 4.87. The molecule has 0 saturated carbocycles. The summed E-state index contributed by atoms with van der Waals surface area (Å²) in [5, 5.41) is 3.47. The monoisotopic (exact) mass is 311 g/mol. The Morgan fingerprint density at radius 3 is 2.56 bits per heavy atom. The van der Waals surface area contributed by atoms with E-state index in [1.165, 1.54) is 0 Å². The predicted molar refractivity (Wildman–Crippen MR) is 76.9 cm³/mol. The highest BCUT2D eigenvalue weighted by atomic mass is 79.9. The second kappa shape index (κ2) is 5.28. The van der Waals surface area contributed by atoms with E-state index in [2.05, 4.69) is 40.0 Å². The standard InChI is InChI=1S/C13H18BrN3O/c1-8-6-17(7-9(2)16-8)11-5-3-4-10(14)12(11)13(15)18/h3-5,8-9,16H,6-7H2,1-2H3,(H2,15,18). The molecule has 1 amide bonds. The SMILES string of the molecule is CC1CN(c2cccc(Br)c2C(N)=O)CC(C)N1. The molecule has 1 heterocycles. The van der Waals surface area contributed by atoms with E-state index >= 15 is 0 Å². The van der Waals surface area contributed by atoms with Gasteiger partial charge in [0.25, 0.3) is 5.91 Å². The Balaban J connectivity index is 2.38. The van der Waals surface area contributed by atoms with Gasteiger partial charge in [-0.1, -0.05) is 6.07 Å². The van der Waals surface area contributed by atoms with E-state index in [0.717, 1.165) is 23.2 Å². The van der Waals surface area contributed by atoms with E-state index in [1.807, 2.05) is 18.2 Å². The third-order valence-corrected chi connectivity index (χ3v) is 3.80. The fourth-order valence-corrected chi connectivity index (χ4v) is 3.09. The number of hydrogen-bond donors (Lipinski definition) is 2. The van der Waals surface area contributed by atoms with E-state index < -0.39 is 5.91 Å². The lowest BCUT2D eigenvalue weighted by molar-refractivity contribution is 0.1000. The molecule has 0 aromatic heterocycles. The first-order valence-corrected chi connectivity index (χ1v) is 6.87. The summed E-state index contributed by atoms with van der Waals surface area (Å²) in [5.74, 6) is -0.392. The Morgan fingerprint density at radius 2 is 2.00 bits per heavy atom. The van der Waals surface area contributed by atoms with Gasteiger partial charge in [-0.3, -0.25) is 4.79 Å². The molecule has 1 saturated heterocycles. The molecule has 1 aliphatic heterocycles. The molecule has 98 valence electrons. The van der Waals surface area contributed by atoms with Crippen LogP contribution in [0.1, 0.15) is 24.2 Å². The molecule has 3 N–H and O–H groups in total. The highest BCUT2D eigenvalue weighted by Gasteiger charge is 2.24. The van der Waals surface area contributed by atoms with Gasteiger partial charge in [0, 0.05) is 29.6 Å². The maximum Gasteiger partial charge on any atom is 0.251 e. The maximum absolute atomic E-state index is 11.6. The van der Waals surface area contributed by atoms with Crippen LogP contribution in [-0.4, -0.2) is 31.1 Å². The number of hydrogen-bond acceptors (Lipinski definition) is 3. The largest absolute Gasteiger partial charge is 0.368 e. The number of nitrogens with one attached hydrogen (secondary N) is 1. The minimum Gasteiger partial charge on any atom is -0.368 e. The summed E-state index contributed by atoms with van der Waals surface area (Å²) in [5.41, 5.74) is 6.96. The summed E-state index contributed by atoms with van der Waals surface area (Å²) in [6, 6.07) is 6.53. The van der Waals surface area contributed by atoms with E-state index in [0.29, 0.717) is 17.6 Å². The Morgan fingerprint density at radius 1 is 1.39 bits per heavy atom. The van der Waals surface area contributed by atoms with Crippen molar-refractivity contribution in [1.29, 1.82) is 0 Å². The number of carbonyl (C=O) groups excluding carboxylic acids is 1. The molecule has 1 fully saturated rings. The zero-order valence-corrected chi connectivity index (χ0v) is 12.2. The smallest absolute Gasteiger partial charge is 0.251 e. The summed E-state index contributed by atoms with van der Waals surface area (Å²) >= 11 is 3.40. The number of nitrogens with two attached hydrogens (primary N) is 1. The second-order valence-corrected chi connectivity index (χ2v) is 5.73. The molecular formula is C13H18BrN3O. The number of halogens is 1. The first-order chi connectivity index (χ1) is 8.49. The van der Waals surface area contributed by atoms with Crippen molar-refractivity contribution in [2.75, 3.05) is 18.0 Å². The van der Waals surface area contributed by atoms with Crippen molar-refractivity contribution < 1.29 is 4.79 Å². The van der Waals surface area contributed by atoms with Crippen molar-refractivity contribution in [3.8, 4) is 0 Å². The van der Waals surface area contributed by atoms with Gasteiger partial charge in [0.15, 0.2) is 0 Å². The Labute approximate surface area is 116 Å². The fraction of sp³-hybridized carbons (Fsp3) is 0.462. The van der Waals surface area contributed by atoms with Crippen LogP contribution in [0.5, 0.6) is 0 Å². The molecule has 1 aliphatic rings. The number of nitrogens with zero attached hydrogens (tertiary/aromatic N) is 1. The summed E-state index contributed by atoms with van der Waals surface area (Å²) in [4.78, 5) is 13.8. The number of primary amides is 1. The number of piperazine rings is 1. The first kappa shape index (κ1) is 13.4. The van der Waals surface area contributed by atoms with Gasteiger partial charge in [0.2, 0.25) is 0 Å². The highest BCUT2D eigenvalue weighted by molar-refractivity contribution is 9.10. The molecule has 0 radical (unpaired) electrons. The van der Waals surface area contributed by atoms with Gasteiger partial charge in [0.05, 0.1) is 11.3 Å². The van der Waals surface area contributed by atoms with Crippen molar-refractivity contribution in [1.82, 2.24) is 5.32 Å². The lowest BCUT2D eigenvalue weighted by Crippen LogP contribution is -2.54. The third kappa shape index (κ3) is 2.67. The molecule has 1 aromatic carbocycles. The zero-order valence-electron chi connectivity index (χ0n) is 10.6. The van der Waals surface area contributed by atoms with Gasteiger partial charge >= 0.3 is 0 Å². The van der Waals surface area contributed by atoms with Crippen molar-refractivity contribution in [2.45, 2.75) is 25.9 Å². The Bertz CT molecular complexity index is 454. The molecule has 18 heavy (non-hydrogen) atoms. The van der Waals surface area contributed by atoms with Crippen LogP contribution < -0.4 is 16.0 Å².